The molecule has 4 rings (SSSR count). The Morgan fingerprint density at radius 3 is 2.34 bits per heavy atom. The number of nitrogens with one attached hydrogen (secondary N) is 2. The Labute approximate surface area is 174 Å². The molecular formula is C21H22ClN3O4. The molecule has 0 unspecified atom stereocenters. The van der Waals surface area contributed by atoms with Gasteiger partial charge in [0.1, 0.15) is 5.75 Å². The van der Waals surface area contributed by atoms with Crippen molar-refractivity contribution in [3.05, 3.63) is 64.7 Å². The summed E-state index contributed by atoms with van der Waals surface area (Å²) in [6.07, 6.45) is 0. The molecule has 2 aromatic carbocycles. The number of hydrogen-bond donors (Lipinski definition) is 2. The van der Waals surface area contributed by atoms with E-state index < -0.39 is 0 Å². The van der Waals surface area contributed by atoms with Crippen molar-refractivity contribution in [3.63, 3.8) is 0 Å². The highest BCUT2D eigenvalue weighted by molar-refractivity contribution is 6.21. The van der Waals surface area contributed by atoms with Gasteiger partial charge in [-0.25, -0.2) is 0 Å². The number of carbonyl (C=O) groups excluding carboxylic acids is 3. The minimum atomic E-state index is -0.320. The predicted octanol–water partition coefficient (Wildman–Crippen LogP) is 1.86. The van der Waals surface area contributed by atoms with Crippen LogP contribution in [0.25, 0.3) is 0 Å². The molecule has 0 spiro atoms. The van der Waals surface area contributed by atoms with Crippen LogP contribution in [0.3, 0.4) is 0 Å². The summed E-state index contributed by atoms with van der Waals surface area (Å²) < 4.78 is 5.31. The second kappa shape index (κ2) is 8.63. The molecule has 0 atom stereocenters. The zero-order valence-electron chi connectivity index (χ0n) is 15.9. The van der Waals surface area contributed by atoms with Gasteiger partial charge >= 0.3 is 0 Å². The third-order valence-corrected chi connectivity index (χ3v) is 5.14. The Balaban J connectivity index is 0.00000240. The van der Waals surface area contributed by atoms with E-state index in [4.69, 9.17) is 4.74 Å². The molecule has 0 saturated carbocycles. The smallest absolute Gasteiger partial charge is 0.261 e. The van der Waals surface area contributed by atoms with Crippen molar-refractivity contribution in [2.75, 3.05) is 26.7 Å². The second-order valence-corrected chi connectivity index (χ2v) is 7.01. The number of benzene rings is 2. The lowest BCUT2D eigenvalue weighted by atomic mass is 10.0. The van der Waals surface area contributed by atoms with E-state index >= 15 is 0 Å². The Kier molecular flexibility index (Phi) is 6.20. The molecule has 0 radical (unpaired) electrons. The average Bonchev–Trinajstić information content (AvgIpc) is 2.92. The van der Waals surface area contributed by atoms with Crippen molar-refractivity contribution >= 4 is 30.1 Å². The lowest BCUT2D eigenvalue weighted by Crippen LogP contribution is -2.48. The first-order chi connectivity index (χ1) is 13.6. The lowest BCUT2D eigenvalue weighted by Gasteiger charge is -2.27. The summed E-state index contributed by atoms with van der Waals surface area (Å²) in [6, 6.07) is 11.9. The molecule has 0 aromatic heterocycles. The van der Waals surface area contributed by atoms with Gasteiger partial charge in [0.2, 0.25) is 0 Å². The number of imide groups is 1. The van der Waals surface area contributed by atoms with E-state index in [1.54, 1.807) is 42.5 Å². The first-order valence-electron chi connectivity index (χ1n) is 9.19. The van der Waals surface area contributed by atoms with Gasteiger partial charge in [-0.15, -0.1) is 12.4 Å². The predicted molar refractivity (Wildman–Crippen MR) is 110 cm³/mol. The summed E-state index contributed by atoms with van der Waals surface area (Å²) in [5, 5.41) is 6.09. The standard InChI is InChI=1S/C21H21N3O4.ClH/c1-28-18-7-6-13(8-17(18)19(25)23-11-14-9-22-10-14)12-24-20(26)15-4-2-3-5-16(15)21(24)27;/h2-8,14,22H,9-12H2,1H3,(H,23,25);1H. The maximum atomic E-state index is 12.6. The molecule has 8 heteroatoms. The fraction of sp³-hybridized carbons (Fsp3) is 0.286. The van der Waals surface area contributed by atoms with Crippen LogP contribution in [0.5, 0.6) is 5.75 Å². The zero-order chi connectivity index (χ0) is 19.7. The van der Waals surface area contributed by atoms with E-state index in [0.29, 0.717) is 40.5 Å². The summed E-state index contributed by atoms with van der Waals surface area (Å²) in [5.74, 6) is 0.0274. The van der Waals surface area contributed by atoms with Crippen LogP contribution in [0.15, 0.2) is 42.5 Å². The molecule has 1 fully saturated rings. The normalized spacial score (nSPS) is 15.4. The summed E-state index contributed by atoms with van der Waals surface area (Å²) in [6.45, 7) is 2.50. The summed E-state index contributed by atoms with van der Waals surface area (Å²) in [7, 11) is 1.51. The van der Waals surface area contributed by atoms with E-state index in [1.165, 1.54) is 12.0 Å². The van der Waals surface area contributed by atoms with E-state index in [-0.39, 0.29) is 36.7 Å². The third-order valence-electron chi connectivity index (χ3n) is 5.14. The van der Waals surface area contributed by atoms with E-state index in [9.17, 15) is 14.4 Å². The van der Waals surface area contributed by atoms with Crippen LogP contribution in [-0.4, -0.2) is 49.4 Å². The molecular weight excluding hydrogens is 394 g/mol. The van der Waals surface area contributed by atoms with Crippen molar-refractivity contribution in [1.82, 2.24) is 15.5 Å². The molecule has 0 bridgehead atoms. The highest BCUT2D eigenvalue weighted by Crippen LogP contribution is 2.26. The van der Waals surface area contributed by atoms with Crippen LogP contribution >= 0.6 is 12.4 Å². The molecule has 2 aromatic rings. The molecule has 2 N–H and O–H groups in total. The molecule has 152 valence electrons. The highest BCUT2D eigenvalue weighted by Gasteiger charge is 2.35. The van der Waals surface area contributed by atoms with Crippen LogP contribution < -0.4 is 15.4 Å². The summed E-state index contributed by atoms with van der Waals surface area (Å²) in [5.41, 5.74) is 1.90. The number of ether oxygens (including phenoxy) is 1. The van der Waals surface area contributed by atoms with Crippen LogP contribution in [0.2, 0.25) is 0 Å². The monoisotopic (exact) mass is 415 g/mol. The van der Waals surface area contributed by atoms with E-state index in [0.717, 1.165) is 13.1 Å². The number of amides is 3. The molecule has 2 aliphatic rings. The number of fused-ring (bicyclic) bond motifs is 1. The van der Waals surface area contributed by atoms with Gasteiger partial charge in [0.15, 0.2) is 0 Å². The maximum absolute atomic E-state index is 12.6. The quantitative estimate of drug-likeness (QED) is 0.703. The number of hydrogen-bond acceptors (Lipinski definition) is 5. The Bertz CT molecular complexity index is 924. The highest BCUT2D eigenvalue weighted by atomic mass is 35.5. The van der Waals surface area contributed by atoms with Crippen LogP contribution in [0.4, 0.5) is 0 Å². The molecule has 0 aliphatic carbocycles. The van der Waals surface area contributed by atoms with Gasteiger partial charge in [-0.05, 0) is 29.8 Å². The van der Waals surface area contributed by atoms with Gasteiger partial charge in [0, 0.05) is 25.6 Å². The number of methoxy groups -OCH3 is 1. The fourth-order valence-corrected chi connectivity index (χ4v) is 3.42. The minimum Gasteiger partial charge on any atom is -0.496 e. The topological polar surface area (TPSA) is 87.7 Å². The first kappa shape index (κ1) is 20.8. The van der Waals surface area contributed by atoms with Gasteiger partial charge in [0.05, 0.1) is 30.3 Å². The minimum absolute atomic E-state index is 0. The van der Waals surface area contributed by atoms with Gasteiger partial charge < -0.3 is 15.4 Å². The van der Waals surface area contributed by atoms with Crippen LogP contribution in [-0.2, 0) is 6.54 Å². The second-order valence-electron chi connectivity index (χ2n) is 7.01. The van der Waals surface area contributed by atoms with E-state index in [1.807, 2.05) is 0 Å². The fourth-order valence-electron chi connectivity index (χ4n) is 3.42. The average molecular weight is 416 g/mol. The van der Waals surface area contributed by atoms with Crippen LogP contribution in [0.1, 0.15) is 36.6 Å². The Morgan fingerprint density at radius 1 is 1.14 bits per heavy atom. The first-order valence-corrected chi connectivity index (χ1v) is 9.19. The molecule has 3 amide bonds. The SMILES string of the molecule is COc1ccc(CN2C(=O)c3ccccc3C2=O)cc1C(=O)NCC1CNC1.Cl. The van der Waals surface area contributed by atoms with Crippen LogP contribution in [0, 0.1) is 5.92 Å². The molecule has 7 nitrogen and oxygen atoms in total. The van der Waals surface area contributed by atoms with Crippen molar-refractivity contribution in [3.8, 4) is 5.75 Å². The molecule has 1 saturated heterocycles. The largest absolute Gasteiger partial charge is 0.496 e. The Hall–Kier alpha value is -2.90. The Morgan fingerprint density at radius 2 is 1.79 bits per heavy atom. The van der Waals surface area contributed by atoms with Gasteiger partial charge in [-0.3, -0.25) is 19.3 Å². The third kappa shape index (κ3) is 3.97. The maximum Gasteiger partial charge on any atom is 0.261 e. The molecule has 29 heavy (non-hydrogen) atoms. The number of rotatable bonds is 6. The van der Waals surface area contributed by atoms with Gasteiger partial charge in [0.25, 0.3) is 17.7 Å². The van der Waals surface area contributed by atoms with Crippen molar-refractivity contribution in [2.45, 2.75) is 6.54 Å². The number of nitrogens with zero attached hydrogens (tertiary/aromatic N) is 1. The summed E-state index contributed by atoms with van der Waals surface area (Å²) in [4.78, 5) is 38.9. The molecule has 2 heterocycles. The van der Waals surface area contributed by atoms with E-state index in [2.05, 4.69) is 10.6 Å². The zero-order valence-corrected chi connectivity index (χ0v) is 16.8. The lowest BCUT2D eigenvalue weighted by molar-refractivity contribution is 0.0642. The summed E-state index contributed by atoms with van der Waals surface area (Å²) >= 11 is 0. The van der Waals surface area contributed by atoms with Crippen molar-refractivity contribution in [1.29, 1.82) is 0 Å². The van der Waals surface area contributed by atoms with Crippen molar-refractivity contribution < 1.29 is 19.1 Å². The van der Waals surface area contributed by atoms with Crippen molar-refractivity contribution in [2.24, 2.45) is 5.92 Å². The van der Waals surface area contributed by atoms with Gasteiger partial charge in [-0.2, -0.15) is 0 Å². The number of carbonyl (C=O) groups is 3. The number of halogens is 1. The molecule has 2 aliphatic heterocycles. The van der Waals surface area contributed by atoms with Gasteiger partial charge in [-0.1, -0.05) is 18.2 Å².